The third kappa shape index (κ3) is 2.15. The van der Waals surface area contributed by atoms with Crippen molar-refractivity contribution in [1.82, 2.24) is 9.97 Å². The van der Waals surface area contributed by atoms with Crippen LogP contribution in [0.2, 0.25) is 0 Å². The van der Waals surface area contributed by atoms with Gasteiger partial charge >= 0.3 is 0 Å². The number of rotatable bonds is 1. The van der Waals surface area contributed by atoms with Crippen molar-refractivity contribution in [2.45, 2.75) is 50.0 Å². The summed E-state index contributed by atoms with van der Waals surface area (Å²) in [5, 5.41) is 0. The summed E-state index contributed by atoms with van der Waals surface area (Å²) < 4.78 is 0. The third-order valence-electron chi connectivity index (χ3n) is 3.93. The quantitative estimate of drug-likeness (QED) is 0.833. The molecule has 1 saturated carbocycles. The van der Waals surface area contributed by atoms with Crippen LogP contribution in [-0.2, 0) is 11.5 Å². The van der Waals surface area contributed by atoms with E-state index in [4.69, 9.17) is 4.98 Å². The van der Waals surface area contributed by atoms with Crippen LogP contribution in [0.1, 0.15) is 55.6 Å². The van der Waals surface area contributed by atoms with E-state index in [1.807, 2.05) is 0 Å². The van der Waals surface area contributed by atoms with Gasteiger partial charge < -0.3 is 4.98 Å². The van der Waals surface area contributed by atoms with Crippen molar-refractivity contribution in [3.05, 3.63) is 27.4 Å². The Hall–Kier alpha value is -0.770. The molecule has 2 atom stereocenters. The first kappa shape index (κ1) is 11.3. The minimum atomic E-state index is 0.105. The summed E-state index contributed by atoms with van der Waals surface area (Å²) >= 11 is 1.79. The maximum atomic E-state index is 11.9. The van der Waals surface area contributed by atoms with Crippen molar-refractivity contribution < 1.29 is 0 Å². The van der Waals surface area contributed by atoms with Crippen LogP contribution in [0, 0.1) is 5.92 Å². The first-order chi connectivity index (χ1) is 8.24. The number of fused-ring (bicyclic) bond motifs is 1. The Bertz CT molecular complexity index is 483. The average molecular weight is 250 g/mol. The predicted molar refractivity (Wildman–Crippen MR) is 70.2 cm³/mol. The molecule has 0 saturated heterocycles. The summed E-state index contributed by atoms with van der Waals surface area (Å²) in [7, 11) is 0. The lowest BCUT2D eigenvalue weighted by atomic mass is 9.82. The molecule has 3 rings (SSSR count). The summed E-state index contributed by atoms with van der Waals surface area (Å²) in [6.45, 7) is 2.30. The number of H-pyrrole nitrogens is 1. The molecule has 0 radical (unpaired) electrons. The highest BCUT2D eigenvalue weighted by Gasteiger charge is 2.25. The number of aromatic nitrogens is 2. The van der Waals surface area contributed by atoms with Gasteiger partial charge in [-0.1, -0.05) is 19.8 Å². The Morgan fingerprint density at radius 3 is 3.06 bits per heavy atom. The second-order valence-electron chi connectivity index (χ2n) is 5.34. The zero-order chi connectivity index (χ0) is 11.8. The van der Waals surface area contributed by atoms with Crippen LogP contribution in [0.4, 0.5) is 0 Å². The van der Waals surface area contributed by atoms with Gasteiger partial charge in [0.2, 0.25) is 0 Å². The van der Waals surface area contributed by atoms with Crippen LogP contribution in [-0.4, -0.2) is 9.97 Å². The number of nitrogens with zero attached hydrogens (tertiary/aromatic N) is 1. The van der Waals surface area contributed by atoms with Crippen LogP contribution >= 0.6 is 11.8 Å². The maximum Gasteiger partial charge on any atom is 0.255 e. The van der Waals surface area contributed by atoms with E-state index in [9.17, 15) is 4.79 Å². The lowest BCUT2D eigenvalue weighted by molar-refractivity contribution is 0.334. The topological polar surface area (TPSA) is 45.8 Å². The van der Waals surface area contributed by atoms with Gasteiger partial charge in [-0.2, -0.15) is 11.8 Å². The Morgan fingerprint density at radius 1 is 1.35 bits per heavy atom. The van der Waals surface area contributed by atoms with Crippen LogP contribution in [0.15, 0.2) is 4.79 Å². The van der Waals surface area contributed by atoms with E-state index >= 15 is 0 Å². The van der Waals surface area contributed by atoms with Crippen molar-refractivity contribution in [1.29, 1.82) is 0 Å². The Kier molecular flexibility index (Phi) is 2.99. The van der Waals surface area contributed by atoms with E-state index in [1.54, 1.807) is 11.8 Å². The van der Waals surface area contributed by atoms with Crippen molar-refractivity contribution in [3.8, 4) is 0 Å². The molecule has 1 aromatic rings. The van der Waals surface area contributed by atoms with Crippen LogP contribution in [0.25, 0.3) is 0 Å². The van der Waals surface area contributed by atoms with E-state index in [0.29, 0.717) is 5.92 Å². The van der Waals surface area contributed by atoms with E-state index < -0.39 is 0 Å². The van der Waals surface area contributed by atoms with Gasteiger partial charge in [-0.15, -0.1) is 0 Å². The van der Waals surface area contributed by atoms with E-state index in [-0.39, 0.29) is 5.56 Å². The molecule has 1 fully saturated rings. The summed E-state index contributed by atoms with van der Waals surface area (Å²) in [6.07, 6.45) is 4.94. The van der Waals surface area contributed by atoms with Crippen molar-refractivity contribution in [2.24, 2.45) is 5.92 Å². The molecule has 0 spiro atoms. The molecule has 92 valence electrons. The highest BCUT2D eigenvalue weighted by Crippen LogP contribution is 2.35. The fourth-order valence-corrected chi connectivity index (χ4v) is 3.99. The molecule has 17 heavy (non-hydrogen) atoms. The van der Waals surface area contributed by atoms with Crippen molar-refractivity contribution >= 4 is 11.8 Å². The van der Waals surface area contributed by atoms with Gasteiger partial charge in [0.15, 0.2) is 0 Å². The van der Waals surface area contributed by atoms with Crippen molar-refractivity contribution in [2.75, 3.05) is 0 Å². The van der Waals surface area contributed by atoms with E-state index in [1.165, 1.54) is 25.7 Å². The monoisotopic (exact) mass is 250 g/mol. The molecule has 0 amide bonds. The Balaban J connectivity index is 1.93. The summed E-state index contributed by atoms with van der Waals surface area (Å²) in [5.74, 6) is 3.93. The van der Waals surface area contributed by atoms with Crippen molar-refractivity contribution in [3.63, 3.8) is 0 Å². The molecule has 2 aliphatic rings. The standard InChI is InChI=1S/C13H18N2OS/c1-8-3-2-4-9(5-8)12-14-11-7-17-6-10(11)13(16)15-12/h8-9H,2-7H2,1H3,(H,14,15,16). The molecule has 1 aliphatic carbocycles. The Morgan fingerprint density at radius 2 is 2.24 bits per heavy atom. The number of aromatic amines is 1. The van der Waals surface area contributed by atoms with Gasteiger partial charge in [-0.05, 0) is 18.8 Å². The lowest BCUT2D eigenvalue weighted by Crippen LogP contribution is -2.21. The molecule has 0 aromatic carbocycles. The van der Waals surface area contributed by atoms with Gasteiger partial charge in [0, 0.05) is 23.0 Å². The smallest absolute Gasteiger partial charge is 0.255 e. The molecular formula is C13H18N2OS. The van der Waals surface area contributed by atoms with Gasteiger partial charge in [0.05, 0.1) is 5.69 Å². The van der Waals surface area contributed by atoms with E-state index in [0.717, 1.165) is 34.5 Å². The zero-order valence-electron chi connectivity index (χ0n) is 10.2. The fourth-order valence-electron chi connectivity index (χ4n) is 2.96. The van der Waals surface area contributed by atoms with Gasteiger partial charge in [-0.3, -0.25) is 4.79 Å². The van der Waals surface area contributed by atoms with Crippen LogP contribution in [0.3, 0.4) is 0 Å². The molecular weight excluding hydrogens is 232 g/mol. The van der Waals surface area contributed by atoms with E-state index in [2.05, 4.69) is 11.9 Å². The number of hydrogen-bond acceptors (Lipinski definition) is 3. The molecule has 2 heterocycles. The summed E-state index contributed by atoms with van der Waals surface area (Å²) in [5.41, 5.74) is 2.04. The number of nitrogens with one attached hydrogen (secondary N) is 1. The van der Waals surface area contributed by atoms with Gasteiger partial charge in [0.25, 0.3) is 5.56 Å². The largest absolute Gasteiger partial charge is 0.310 e. The summed E-state index contributed by atoms with van der Waals surface area (Å²) in [4.78, 5) is 19.7. The minimum absolute atomic E-state index is 0.105. The fraction of sp³-hybridized carbons (Fsp3) is 0.692. The first-order valence-corrected chi connectivity index (χ1v) is 7.59. The number of hydrogen-bond donors (Lipinski definition) is 1. The first-order valence-electron chi connectivity index (χ1n) is 6.43. The molecule has 1 aliphatic heterocycles. The highest BCUT2D eigenvalue weighted by molar-refractivity contribution is 7.98. The second-order valence-corrected chi connectivity index (χ2v) is 6.32. The molecule has 2 unspecified atom stereocenters. The maximum absolute atomic E-state index is 11.9. The lowest BCUT2D eigenvalue weighted by Gasteiger charge is -2.26. The molecule has 0 bridgehead atoms. The van der Waals surface area contributed by atoms with Crippen LogP contribution in [0.5, 0.6) is 0 Å². The van der Waals surface area contributed by atoms with Gasteiger partial charge in [-0.25, -0.2) is 4.98 Å². The number of thioether (sulfide) groups is 1. The zero-order valence-corrected chi connectivity index (χ0v) is 11.0. The van der Waals surface area contributed by atoms with Crippen LogP contribution < -0.4 is 5.56 Å². The molecule has 3 nitrogen and oxygen atoms in total. The minimum Gasteiger partial charge on any atom is -0.310 e. The second kappa shape index (κ2) is 4.48. The Labute approximate surface area is 105 Å². The molecule has 4 heteroatoms. The SMILES string of the molecule is CC1CCCC(c2nc3c(c(=O)[nH]2)CSC3)C1. The molecule has 1 N–H and O–H groups in total. The third-order valence-corrected chi connectivity index (χ3v) is 4.90. The van der Waals surface area contributed by atoms with Gasteiger partial charge in [0.1, 0.15) is 5.82 Å². The normalized spacial score (nSPS) is 28.1. The summed E-state index contributed by atoms with van der Waals surface area (Å²) in [6, 6.07) is 0. The molecule has 1 aromatic heterocycles. The predicted octanol–water partition coefficient (Wildman–Crippen LogP) is 2.81. The highest BCUT2D eigenvalue weighted by atomic mass is 32.2. The average Bonchev–Trinajstić information content (AvgIpc) is 2.77.